The summed E-state index contributed by atoms with van der Waals surface area (Å²) in [5.74, 6) is 0. The predicted octanol–water partition coefficient (Wildman–Crippen LogP) is 3.03. The van der Waals surface area contributed by atoms with E-state index < -0.39 is 6.10 Å². The first-order chi connectivity index (χ1) is 9.18. The number of hydrogen-bond acceptors (Lipinski definition) is 2. The molecule has 1 unspecified atom stereocenters. The van der Waals surface area contributed by atoms with Crippen molar-refractivity contribution < 1.29 is 5.11 Å². The van der Waals surface area contributed by atoms with Gasteiger partial charge in [-0.05, 0) is 42.7 Å². The van der Waals surface area contributed by atoms with Gasteiger partial charge in [0.15, 0.2) is 0 Å². The molecule has 0 amide bonds. The molecule has 0 radical (unpaired) electrons. The number of aliphatic hydroxyl groups excluding tert-OH is 1. The summed E-state index contributed by atoms with van der Waals surface area (Å²) in [4.78, 5) is 0. The summed E-state index contributed by atoms with van der Waals surface area (Å²) >= 11 is 0. The Morgan fingerprint density at radius 2 is 1.89 bits per heavy atom. The van der Waals surface area contributed by atoms with Crippen LogP contribution >= 0.6 is 0 Å². The van der Waals surface area contributed by atoms with Crippen molar-refractivity contribution in [2.75, 3.05) is 0 Å². The molecule has 2 heterocycles. The largest absolute Gasteiger partial charge is 0.384 e. The third-order valence-corrected chi connectivity index (χ3v) is 3.69. The summed E-state index contributed by atoms with van der Waals surface area (Å²) < 4.78 is 1.78. The highest BCUT2D eigenvalue weighted by Gasteiger charge is 2.17. The molecule has 0 spiro atoms. The number of pyridine rings is 1. The predicted molar refractivity (Wildman–Crippen MR) is 75.2 cm³/mol. The van der Waals surface area contributed by atoms with E-state index in [1.807, 2.05) is 43.5 Å². The van der Waals surface area contributed by atoms with Gasteiger partial charge >= 0.3 is 0 Å². The monoisotopic (exact) mass is 252 g/mol. The van der Waals surface area contributed by atoms with Gasteiger partial charge < -0.3 is 5.11 Å². The molecule has 0 bridgehead atoms. The van der Waals surface area contributed by atoms with Gasteiger partial charge in [0.25, 0.3) is 0 Å². The van der Waals surface area contributed by atoms with Crippen LogP contribution < -0.4 is 0 Å². The van der Waals surface area contributed by atoms with Gasteiger partial charge in [-0.1, -0.05) is 24.3 Å². The van der Waals surface area contributed by atoms with Gasteiger partial charge in [-0.15, -0.1) is 0 Å². The van der Waals surface area contributed by atoms with Crippen LogP contribution in [-0.4, -0.2) is 14.7 Å². The van der Waals surface area contributed by atoms with Crippen LogP contribution in [0.25, 0.3) is 5.52 Å². The third-order valence-electron chi connectivity index (χ3n) is 3.69. The van der Waals surface area contributed by atoms with Crippen molar-refractivity contribution in [1.29, 1.82) is 0 Å². The van der Waals surface area contributed by atoms with Gasteiger partial charge in [-0.25, -0.2) is 4.52 Å². The van der Waals surface area contributed by atoms with Crippen molar-refractivity contribution in [1.82, 2.24) is 9.61 Å². The molecule has 1 aromatic carbocycles. The molecule has 0 aliphatic heterocycles. The van der Waals surface area contributed by atoms with Gasteiger partial charge in [0.1, 0.15) is 6.10 Å². The van der Waals surface area contributed by atoms with E-state index in [0.29, 0.717) is 0 Å². The number of benzene rings is 1. The fourth-order valence-electron chi connectivity index (χ4n) is 2.40. The standard InChI is InChI=1S/C16H16N2O/c1-11-6-5-7-13(12(11)2)16(19)14-10-17-18-9-4-3-8-15(14)18/h3-10,16,19H,1-2H3. The number of fused-ring (bicyclic) bond motifs is 1. The van der Waals surface area contributed by atoms with E-state index in [0.717, 1.165) is 22.2 Å². The van der Waals surface area contributed by atoms with E-state index in [1.54, 1.807) is 10.7 Å². The Morgan fingerprint density at radius 1 is 1.05 bits per heavy atom. The van der Waals surface area contributed by atoms with Crippen LogP contribution in [0, 0.1) is 13.8 Å². The van der Waals surface area contributed by atoms with E-state index >= 15 is 0 Å². The highest BCUT2D eigenvalue weighted by Crippen LogP contribution is 2.28. The molecule has 3 nitrogen and oxygen atoms in total. The van der Waals surface area contributed by atoms with Gasteiger partial charge in [0.2, 0.25) is 0 Å². The Kier molecular flexibility index (Phi) is 2.84. The Morgan fingerprint density at radius 3 is 2.74 bits per heavy atom. The summed E-state index contributed by atoms with van der Waals surface area (Å²) in [6.07, 6.45) is 2.98. The lowest BCUT2D eigenvalue weighted by molar-refractivity contribution is 0.221. The Balaban J connectivity index is 2.13. The van der Waals surface area contributed by atoms with Crippen LogP contribution in [0.1, 0.15) is 28.4 Å². The molecule has 2 aromatic heterocycles. The SMILES string of the molecule is Cc1cccc(C(O)c2cnn3ccccc23)c1C. The van der Waals surface area contributed by atoms with E-state index in [-0.39, 0.29) is 0 Å². The van der Waals surface area contributed by atoms with Gasteiger partial charge in [0, 0.05) is 11.8 Å². The maximum atomic E-state index is 10.6. The summed E-state index contributed by atoms with van der Waals surface area (Å²) in [6.45, 7) is 4.10. The number of aromatic nitrogens is 2. The van der Waals surface area contributed by atoms with E-state index in [4.69, 9.17) is 0 Å². The second-order valence-corrected chi connectivity index (χ2v) is 4.82. The molecule has 96 valence electrons. The first-order valence-electron chi connectivity index (χ1n) is 6.35. The van der Waals surface area contributed by atoms with E-state index in [1.165, 1.54) is 5.56 Å². The molecule has 0 aliphatic carbocycles. The maximum absolute atomic E-state index is 10.6. The van der Waals surface area contributed by atoms with Crippen LogP contribution in [0.4, 0.5) is 0 Å². The number of rotatable bonds is 2. The minimum Gasteiger partial charge on any atom is -0.384 e. The Labute approximate surface area is 112 Å². The fraction of sp³-hybridized carbons (Fsp3) is 0.188. The zero-order chi connectivity index (χ0) is 13.4. The molecule has 1 atom stereocenters. The zero-order valence-corrected chi connectivity index (χ0v) is 11.0. The average Bonchev–Trinajstić information content (AvgIpc) is 2.85. The molecule has 19 heavy (non-hydrogen) atoms. The summed E-state index contributed by atoms with van der Waals surface area (Å²) in [6, 6.07) is 11.9. The molecular weight excluding hydrogens is 236 g/mol. The van der Waals surface area contributed by atoms with Crippen molar-refractivity contribution in [3.63, 3.8) is 0 Å². The number of nitrogens with zero attached hydrogens (tertiary/aromatic N) is 2. The molecule has 0 saturated heterocycles. The van der Waals surface area contributed by atoms with Crippen molar-refractivity contribution in [3.05, 3.63) is 71.0 Å². The number of hydrogen-bond donors (Lipinski definition) is 1. The van der Waals surface area contributed by atoms with Crippen LogP contribution in [0.15, 0.2) is 48.8 Å². The topological polar surface area (TPSA) is 37.5 Å². The zero-order valence-electron chi connectivity index (χ0n) is 11.0. The first-order valence-corrected chi connectivity index (χ1v) is 6.35. The van der Waals surface area contributed by atoms with Gasteiger partial charge in [0.05, 0.1) is 11.7 Å². The Hall–Kier alpha value is -2.13. The fourth-order valence-corrected chi connectivity index (χ4v) is 2.40. The van der Waals surface area contributed by atoms with Crippen LogP contribution in [0.5, 0.6) is 0 Å². The van der Waals surface area contributed by atoms with E-state index in [2.05, 4.69) is 18.1 Å². The Bertz CT molecular complexity index is 730. The quantitative estimate of drug-likeness (QED) is 0.761. The van der Waals surface area contributed by atoms with Gasteiger partial charge in [-0.3, -0.25) is 0 Å². The summed E-state index contributed by atoms with van der Waals surface area (Å²) in [7, 11) is 0. The molecule has 3 heteroatoms. The van der Waals surface area contributed by atoms with Crippen molar-refractivity contribution in [2.45, 2.75) is 20.0 Å². The molecule has 1 N–H and O–H groups in total. The molecule has 0 fully saturated rings. The molecule has 3 aromatic rings. The minimum absolute atomic E-state index is 0.639. The lowest BCUT2D eigenvalue weighted by Crippen LogP contribution is -2.02. The highest BCUT2D eigenvalue weighted by molar-refractivity contribution is 5.57. The van der Waals surface area contributed by atoms with Crippen molar-refractivity contribution in [2.24, 2.45) is 0 Å². The second kappa shape index (κ2) is 4.52. The van der Waals surface area contributed by atoms with Crippen LogP contribution in [0.3, 0.4) is 0 Å². The third kappa shape index (κ3) is 1.92. The lowest BCUT2D eigenvalue weighted by Gasteiger charge is -2.14. The van der Waals surface area contributed by atoms with E-state index in [9.17, 15) is 5.11 Å². The maximum Gasteiger partial charge on any atom is 0.108 e. The number of aryl methyl sites for hydroxylation is 1. The summed E-state index contributed by atoms with van der Waals surface area (Å²) in [5, 5.41) is 14.9. The number of aliphatic hydroxyl groups is 1. The molecular formula is C16H16N2O. The van der Waals surface area contributed by atoms with Crippen LogP contribution in [0.2, 0.25) is 0 Å². The molecule has 0 aliphatic rings. The molecule has 3 rings (SSSR count). The molecule has 0 saturated carbocycles. The normalized spacial score (nSPS) is 12.8. The average molecular weight is 252 g/mol. The highest BCUT2D eigenvalue weighted by atomic mass is 16.3. The second-order valence-electron chi connectivity index (χ2n) is 4.82. The lowest BCUT2D eigenvalue weighted by atomic mass is 9.95. The smallest absolute Gasteiger partial charge is 0.108 e. The minimum atomic E-state index is -0.639. The summed E-state index contributed by atoms with van der Waals surface area (Å²) in [5.41, 5.74) is 5.04. The van der Waals surface area contributed by atoms with Crippen molar-refractivity contribution >= 4 is 5.52 Å². The first kappa shape index (κ1) is 11.9. The van der Waals surface area contributed by atoms with Gasteiger partial charge in [-0.2, -0.15) is 5.10 Å². The van der Waals surface area contributed by atoms with Crippen LogP contribution in [-0.2, 0) is 0 Å². The van der Waals surface area contributed by atoms with Crippen molar-refractivity contribution in [3.8, 4) is 0 Å².